The average Bonchev–Trinajstić information content (AvgIpc) is 3.06. The van der Waals surface area contributed by atoms with Gasteiger partial charge in [0.05, 0.1) is 0 Å². The van der Waals surface area contributed by atoms with Gasteiger partial charge in [-0.1, -0.05) is 48.5 Å². The molecule has 0 aromatic heterocycles. The Morgan fingerprint density at radius 1 is 1.12 bits per heavy atom. The Kier molecular flexibility index (Phi) is 5.73. The predicted octanol–water partition coefficient (Wildman–Crippen LogP) is 3.10. The fourth-order valence-electron chi connectivity index (χ4n) is 3.13. The summed E-state index contributed by atoms with van der Waals surface area (Å²) in [6.45, 7) is 7.23. The van der Waals surface area contributed by atoms with Gasteiger partial charge in [0.15, 0.2) is 5.96 Å². The lowest BCUT2D eigenvalue weighted by Crippen LogP contribution is -2.36. The Balaban J connectivity index is 1.55. The van der Waals surface area contributed by atoms with Gasteiger partial charge in [0, 0.05) is 38.9 Å². The largest absolute Gasteiger partial charge is 0.367 e. The molecule has 4 heteroatoms. The molecule has 0 saturated carbocycles. The van der Waals surface area contributed by atoms with Crippen molar-refractivity contribution in [2.45, 2.75) is 19.5 Å². The molecule has 0 bridgehead atoms. The number of hydrogen-bond donors (Lipinski definition) is 2. The van der Waals surface area contributed by atoms with E-state index in [1.54, 1.807) is 7.05 Å². The van der Waals surface area contributed by atoms with E-state index in [1.807, 2.05) is 6.08 Å². The van der Waals surface area contributed by atoms with Crippen LogP contribution in [0.5, 0.6) is 0 Å². The summed E-state index contributed by atoms with van der Waals surface area (Å²) in [4.78, 5) is 6.65. The normalized spacial score (nSPS) is 13.5. The Morgan fingerprint density at radius 2 is 1.88 bits per heavy atom. The third-order valence-electron chi connectivity index (χ3n) is 4.48. The number of para-hydroxylation sites is 1. The van der Waals surface area contributed by atoms with Crippen molar-refractivity contribution < 1.29 is 0 Å². The van der Waals surface area contributed by atoms with Gasteiger partial charge >= 0.3 is 0 Å². The van der Waals surface area contributed by atoms with E-state index in [-0.39, 0.29) is 0 Å². The first-order valence-electron chi connectivity index (χ1n) is 8.76. The summed E-state index contributed by atoms with van der Waals surface area (Å²) in [7, 11) is 1.77. The number of nitrogens with zero attached hydrogens (tertiary/aromatic N) is 2. The molecular weight excluding hydrogens is 308 g/mol. The number of aliphatic imine (C=N–C) groups is 1. The molecule has 0 saturated heterocycles. The summed E-state index contributed by atoms with van der Waals surface area (Å²) in [5, 5.41) is 6.48. The molecule has 4 nitrogen and oxygen atoms in total. The molecule has 0 spiro atoms. The van der Waals surface area contributed by atoms with Gasteiger partial charge in [-0.05, 0) is 29.2 Å². The molecule has 2 aromatic carbocycles. The molecule has 2 aromatic rings. The van der Waals surface area contributed by atoms with Crippen LogP contribution in [0.3, 0.4) is 0 Å². The van der Waals surface area contributed by atoms with Crippen LogP contribution in [0.2, 0.25) is 0 Å². The van der Waals surface area contributed by atoms with E-state index in [0.717, 1.165) is 32.0 Å². The molecule has 0 unspecified atom stereocenters. The third kappa shape index (κ3) is 4.41. The Morgan fingerprint density at radius 3 is 2.64 bits per heavy atom. The van der Waals surface area contributed by atoms with Crippen molar-refractivity contribution in [3.05, 3.63) is 77.9 Å². The van der Waals surface area contributed by atoms with E-state index < -0.39 is 0 Å². The van der Waals surface area contributed by atoms with E-state index in [4.69, 9.17) is 0 Å². The molecule has 0 atom stereocenters. The lowest BCUT2D eigenvalue weighted by atomic mass is 10.1. The molecular formula is C21H26N4. The highest BCUT2D eigenvalue weighted by Gasteiger charge is 2.17. The molecule has 0 radical (unpaired) electrons. The van der Waals surface area contributed by atoms with Gasteiger partial charge in [-0.3, -0.25) is 4.99 Å². The second-order valence-corrected chi connectivity index (χ2v) is 6.21. The average molecular weight is 334 g/mol. The summed E-state index contributed by atoms with van der Waals surface area (Å²) in [5.74, 6) is 0.789. The number of anilines is 1. The van der Waals surface area contributed by atoms with Crippen LogP contribution in [-0.2, 0) is 19.5 Å². The molecule has 0 fully saturated rings. The Hall–Kier alpha value is -2.75. The van der Waals surface area contributed by atoms with Crippen molar-refractivity contribution in [2.75, 3.05) is 25.0 Å². The summed E-state index contributed by atoms with van der Waals surface area (Å²) < 4.78 is 0. The van der Waals surface area contributed by atoms with E-state index in [2.05, 4.69) is 75.6 Å². The Labute approximate surface area is 150 Å². The fraction of sp³-hybridized carbons (Fsp3) is 0.286. The minimum absolute atomic E-state index is 0.704. The fourth-order valence-corrected chi connectivity index (χ4v) is 3.13. The van der Waals surface area contributed by atoms with E-state index in [1.165, 1.54) is 22.4 Å². The smallest absolute Gasteiger partial charge is 0.191 e. The van der Waals surface area contributed by atoms with E-state index in [9.17, 15) is 0 Å². The highest BCUT2D eigenvalue weighted by Crippen LogP contribution is 2.28. The molecule has 3 rings (SSSR count). The second kappa shape index (κ2) is 8.38. The maximum atomic E-state index is 4.19. The summed E-state index contributed by atoms with van der Waals surface area (Å²) >= 11 is 0. The zero-order valence-electron chi connectivity index (χ0n) is 14.8. The van der Waals surface area contributed by atoms with Gasteiger partial charge in [-0.15, -0.1) is 6.58 Å². The molecule has 1 aliphatic rings. The van der Waals surface area contributed by atoms with Gasteiger partial charge in [-0.2, -0.15) is 0 Å². The number of nitrogens with one attached hydrogen (secondary N) is 2. The highest BCUT2D eigenvalue weighted by molar-refractivity contribution is 5.79. The van der Waals surface area contributed by atoms with Crippen LogP contribution in [0, 0.1) is 0 Å². The first-order chi connectivity index (χ1) is 12.3. The first kappa shape index (κ1) is 17.1. The lowest BCUT2D eigenvalue weighted by Gasteiger charge is -2.19. The van der Waals surface area contributed by atoms with Gasteiger partial charge in [0.25, 0.3) is 0 Å². The second-order valence-electron chi connectivity index (χ2n) is 6.21. The zero-order chi connectivity index (χ0) is 17.5. The molecule has 1 aliphatic heterocycles. The first-order valence-corrected chi connectivity index (χ1v) is 8.76. The van der Waals surface area contributed by atoms with Gasteiger partial charge < -0.3 is 15.5 Å². The standard InChI is InChI=1S/C21H26N4/c1-3-13-23-21(22-2)24-15-17-8-10-18(11-9-17)16-25-14-12-19-6-4-5-7-20(19)25/h3-11H,1,12-16H2,2H3,(H2,22,23,24). The number of hydrogen-bond acceptors (Lipinski definition) is 2. The predicted molar refractivity (Wildman–Crippen MR) is 106 cm³/mol. The summed E-state index contributed by atoms with van der Waals surface area (Å²) in [6.07, 6.45) is 2.97. The maximum absolute atomic E-state index is 4.19. The zero-order valence-corrected chi connectivity index (χ0v) is 14.8. The number of benzene rings is 2. The highest BCUT2D eigenvalue weighted by atomic mass is 15.2. The number of fused-ring (bicyclic) bond motifs is 1. The molecule has 0 amide bonds. The third-order valence-corrected chi connectivity index (χ3v) is 4.48. The van der Waals surface area contributed by atoms with Gasteiger partial charge in [0.1, 0.15) is 0 Å². The van der Waals surface area contributed by atoms with E-state index in [0.29, 0.717) is 6.54 Å². The Bertz CT molecular complexity index is 734. The van der Waals surface area contributed by atoms with Crippen molar-refractivity contribution in [1.82, 2.24) is 10.6 Å². The quantitative estimate of drug-likeness (QED) is 0.484. The van der Waals surface area contributed by atoms with Crippen molar-refractivity contribution in [3.8, 4) is 0 Å². The molecule has 0 aliphatic carbocycles. The van der Waals surface area contributed by atoms with Crippen LogP contribution in [0.15, 0.2) is 66.2 Å². The lowest BCUT2D eigenvalue weighted by molar-refractivity contribution is 0.829. The van der Waals surface area contributed by atoms with Crippen LogP contribution < -0.4 is 15.5 Å². The van der Waals surface area contributed by atoms with Crippen molar-refractivity contribution >= 4 is 11.6 Å². The van der Waals surface area contributed by atoms with Crippen molar-refractivity contribution in [1.29, 1.82) is 0 Å². The van der Waals surface area contributed by atoms with E-state index >= 15 is 0 Å². The molecule has 25 heavy (non-hydrogen) atoms. The summed E-state index contributed by atoms with van der Waals surface area (Å²) in [5.41, 5.74) is 5.42. The van der Waals surface area contributed by atoms with Crippen molar-refractivity contribution in [3.63, 3.8) is 0 Å². The monoisotopic (exact) mass is 334 g/mol. The minimum atomic E-state index is 0.704. The minimum Gasteiger partial charge on any atom is -0.367 e. The van der Waals surface area contributed by atoms with Crippen LogP contribution in [0.4, 0.5) is 5.69 Å². The number of rotatable bonds is 6. The van der Waals surface area contributed by atoms with Crippen LogP contribution in [0.25, 0.3) is 0 Å². The summed E-state index contributed by atoms with van der Waals surface area (Å²) in [6, 6.07) is 17.5. The topological polar surface area (TPSA) is 39.7 Å². The molecule has 2 N–H and O–H groups in total. The molecule has 130 valence electrons. The van der Waals surface area contributed by atoms with Crippen LogP contribution >= 0.6 is 0 Å². The van der Waals surface area contributed by atoms with Crippen molar-refractivity contribution in [2.24, 2.45) is 4.99 Å². The maximum Gasteiger partial charge on any atom is 0.191 e. The van der Waals surface area contributed by atoms with Crippen LogP contribution in [0.1, 0.15) is 16.7 Å². The SMILES string of the molecule is C=CCNC(=NC)NCc1ccc(CN2CCc3ccccc32)cc1. The molecule has 1 heterocycles. The van der Waals surface area contributed by atoms with Crippen LogP contribution in [-0.4, -0.2) is 26.1 Å². The number of guanidine groups is 1. The van der Waals surface area contributed by atoms with Gasteiger partial charge in [-0.25, -0.2) is 0 Å². The van der Waals surface area contributed by atoms with Gasteiger partial charge in [0.2, 0.25) is 0 Å².